The van der Waals surface area contributed by atoms with Crippen molar-refractivity contribution in [1.29, 1.82) is 0 Å². The third kappa shape index (κ3) is 2.35. The van der Waals surface area contributed by atoms with Crippen LogP contribution < -0.4 is 0 Å². The van der Waals surface area contributed by atoms with Gasteiger partial charge in [-0.3, -0.25) is 4.79 Å². The number of carbonyl (C=O) groups is 2. The van der Waals surface area contributed by atoms with Crippen molar-refractivity contribution in [2.75, 3.05) is 0 Å². The molecule has 1 aromatic rings. The van der Waals surface area contributed by atoms with E-state index in [-0.39, 0.29) is 24.5 Å². The van der Waals surface area contributed by atoms with Crippen molar-refractivity contribution in [3.8, 4) is 0 Å². The summed E-state index contributed by atoms with van der Waals surface area (Å²) in [4.78, 5) is 25.9. The molecule has 2 atom stereocenters. The Kier molecular flexibility index (Phi) is 3.53. The average Bonchev–Trinajstić information content (AvgIpc) is 2.84. The Morgan fingerprint density at radius 3 is 2.71 bits per heavy atom. The Hall–Kier alpha value is -2.10. The largest absolute Gasteiger partial charge is 0.456 e. The van der Waals surface area contributed by atoms with E-state index in [0.717, 1.165) is 12.0 Å². The molecule has 3 rings (SSSR count). The number of carbonyl (C=O) groups excluding carboxylic acids is 2. The minimum absolute atomic E-state index is 0.0423. The molecule has 1 amide bonds. The van der Waals surface area contributed by atoms with Crippen molar-refractivity contribution in [1.82, 2.24) is 4.90 Å². The molecule has 2 heterocycles. The Morgan fingerprint density at radius 2 is 2.05 bits per heavy atom. The highest BCUT2D eigenvalue weighted by Gasteiger charge is 2.53. The maximum Gasteiger partial charge on any atom is 0.355 e. The average molecular weight is 285 g/mol. The fourth-order valence-electron chi connectivity index (χ4n) is 3.16. The smallest absolute Gasteiger partial charge is 0.355 e. The number of hydrogen-bond acceptors (Lipinski definition) is 3. The first-order chi connectivity index (χ1) is 10.1. The van der Waals surface area contributed by atoms with E-state index in [0.29, 0.717) is 11.6 Å². The summed E-state index contributed by atoms with van der Waals surface area (Å²) >= 11 is 0. The number of fused-ring (bicyclic) bond motifs is 1. The summed E-state index contributed by atoms with van der Waals surface area (Å²) in [7, 11) is 0. The number of ether oxygens (including phenoxy) is 1. The Bertz CT molecular complexity index is 591. The number of β-lactam (4-membered cyclic amide) rings is 1. The van der Waals surface area contributed by atoms with E-state index >= 15 is 0 Å². The molecule has 0 aromatic heterocycles. The molecule has 1 aromatic carbocycles. The highest BCUT2D eigenvalue weighted by atomic mass is 16.5. The lowest BCUT2D eigenvalue weighted by molar-refractivity contribution is -0.159. The van der Waals surface area contributed by atoms with Crippen LogP contribution in [0.15, 0.2) is 42.1 Å². The number of hydrogen-bond donors (Lipinski definition) is 0. The number of rotatable bonds is 4. The third-order valence-corrected chi connectivity index (χ3v) is 4.22. The zero-order valence-corrected chi connectivity index (χ0v) is 12.3. The van der Waals surface area contributed by atoms with Crippen LogP contribution in [0, 0.1) is 11.8 Å². The Labute approximate surface area is 124 Å². The van der Waals surface area contributed by atoms with E-state index < -0.39 is 5.97 Å². The summed E-state index contributed by atoms with van der Waals surface area (Å²) in [6, 6.07) is 9.68. The molecule has 2 aliphatic rings. The van der Waals surface area contributed by atoms with E-state index in [1.54, 1.807) is 4.90 Å². The van der Waals surface area contributed by atoms with Crippen molar-refractivity contribution in [3.63, 3.8) is 0 Å². The molecule has 110 valence electrons. The van der Waals surface area contributed by atoms with Gasteiger partial charge in [0.25, 0.3) is 0 Å². The Balaban J connectivity index is 1.61. The predicted molar refractivity (Wildman–Crippen MR) is 77.9 cm³/mol. The summed E-state index contributed by atoms with van der Waals surface area (Å²) in [5, 5.41) is 0. The first-order valence-corrected chi connectivity index (χ1v) is 7.34. The zero-order chi connectivity index (χ0) is 15.0. The number of benzene rings is 1. The second kappa shape index (κ2) is 5.35. The maximum atomic E-state index is 12.2. The highest BCUT2D eigenvalue weighted by Crippen LogP contribution is 2.42. The van der Waals surface area contributed by atoms with Gasteiger partial charge in [0.1, 0.15) is 12.3 Å². The van der Waals surface area contributed by atoms with Crippen LogP contribution in [0.4, 0.5) is 0 Å². The number of amides is 1. The van der Waals surface area contributed by atoms with Crippen molar-refractivity contribution in [3.05, 3.63) is 47.7 Å². The van der Waals surface area contributed by atoms with Crippen LogP contribution in [0.25, 0.3) is 0 Å². The van der Waals surface area contributed by atoms with Gasteiger partial charge in [0.05, 0.1) is 12.0 Å². The lowest BCUT2D eigenvalue weighted by Gasteiger charge is -2.45. The highest BCUT2D eigenvalue weighted by molar-refractivity contribution is 5.99. The van der Waals surface area contributed by atoms with Gasteiger partial charge < -0.3 is 9.64 Å². The first-order valence-electron chi connectivity index (χ1n) is 7.34. The van der Waals surface area contributed by atoms with Crippen LogP contribution in [-0.4, -0.2) is 22.8 Å². The summed E-state index contributed by atoms with van der Waals surface area (Å²) < 4.78 is 5.31. The third-order valence-electron chi connectivity index (χ3n) is 4.22. The lowest BCUT2D eigenvalue weighted by atomic mass is 9.79. The van der Waals surface area contributed by atoms with Gasteiger partial charge in [-0.2, -0.15) is 0 Å². The zero-order valence-electron chi connectivity index (χ0n) is 12.3. The van der Waals surface area contributed by atoms with Gasteiger partial charge in [-0.25, -0.2) is 4.79 Å². The van der Waals surface area contributed by atoms with E-state index in [2.05, 4.69) is 0 Å². The maximum absolute atomic E-state index is 12.2. The van der Waals surface area contributed by atoms with Crippen LogP contribution in [-0.2, 0) is 20.9 Å². The minimum atomic E-state index is -0.406. The van der Waals surface area contributed by atoms with Crippen LogP contribution in [0.2, 0.25) is 0 Å². The fraction of sp³-hybridized carbons (Fsp3) is 0.412. The fourth-order valence-corrected chi connectivity index (χ4v) is 3.16. The van der Waals surface area contributed by atoms with Gasteiger partial charge in [0, 0.05) is 0 Å². The molecule has 0 saturated carbocycles. The molecule has 0 spiro atoms. The Morgan fingerprint density at radius 1 is 1.33 bits per heavy atom. The topological polar surface area (TPSA) is 46.6 Å². The number of nitrogens with zero attached hydrogens (tertiary/aromatic N) is 1. The molecule has 0 N–H and O–H groups in total. The van der Waals surface area contributed by atoms with E-state index in [1.807, 2.05) is 50.3 Å². The molecule has 1 saturated heterocycles. The normalized spacial score (nSPS) is 23.7. The van der Waals surface area contributed by atoms with Gasteiger partial charge in [0.2, 0.25) is 5.91 Å². The molecule has 4 nitrogen and oxygen atoms in total. The van der Waals surface area contributed by atoms with Gasteiger partial charge in [0.15, 0.2) is 0 Å². The molecule has 0 aliphatic carbocycles. The first kappa shape index (κ1) is 13.9. The molecule has 1 fully saturated rings. The second-order valence-electron chi connectivity index (χ2n) is 5.93. The monoisotopic (exact) mass is 285 g/mol. The minimum Gasteiger partial charge on any atom is -0.456 e. The van der Waals surface area contributed by atoms with Crippen molar-refractivity contribution in [2.45, 2.75) is 32.9 Å². The van der Waals surface area contributed by atoms with Gasteiger partial charge in [-0.05, 0) is 17.9 Å². The van der Waals surface area contributed by atoms with E-state index in [9.17, 15) is 9.59 Å². The number of esters is 1. The molecule has 4 heteroatoms. The van der Waals surface area contributed by atoms with Crippen molar-refractivity contribution in [2.24, 2.45) is 11.8 Å². The molecule has 2 aliphatic heterocycles. The summed E-state index contributed by atoms with van der Waals surface area (Å²) in [5.74, 6) is -0.000155. The van der Waals surface area contributed by atoms with Crippen LogP contribution >= 0.6 is 0 Å². The van der Waals surface area contributed by atoms with Gasteiger partial charge in [-0.1, -0.05) is 50.3 Å². The molecule has 0 bridgehead atoms. The predicted octanol–water partition coefficient (Wildman–Crippen LogP) is 2.50. The second-order valence-corrected chi connectivity index (χ2v) is 5.93. The summed E-state index contributed by atoms with van der Waals surface area (Å²) in [6.45, 7) is 4.33. The summed E-state index contributed by atoms with van der Waals surface area (Å²) in [5.41, 5.74) is 1.36. The van der Waals surface area contributed by atoms with Crippen molar-refractivity contribution < 1.29 is 14.3 Å². The summed E-state index contributed by atoms with van der Waals surface area (Å²) in [6.07, 6.45) is 2.59. The van der Waals surface area contributed by atoms with Crippen molar-refractivity contribution >= 4 is 11.9 Å². The molecule has 0 unspecified atom stereocenters. The van der Waals surface area contributed by atoms with Gasteiger partial charge in [-0.15, -0.1) is 0 Å². The molecule has 21 heavy (non-hydrogen) atoms. The van der Waals surface area contributed by atoms with Gasteiger partial charge >= 0.3 is 5.97 Å². The van der Waals surface area contributed by atoms with Crippen LogP contribution in [0.3, 0.4) is 0 Å². The standard InChI is InChI=1S/C17H19NO3/c1-11(2)15-13-8-9-14(18(13)16(15)19)17(20)21-10-12-6-4-3-5-7-12/h3-7,9,11,13,15H,8,10H2,1-2H3/t13-,15+/m0/s1. The van der Waals surface area contributed by atoms with E-state index in [1.165, 1.54) is 0 Å². The quantitative estimate of drug-likeness (QED) is 0.631. The van der Waals surface area contributed by atoms with Crippen LogP contribution in [0.5, 0.6) is 0 Å². The molecule has 0 radical (unpaired) electrons. The molecular formula is C17H19NO3. The molecular weight excluding hydrogens is 266 g/mol. The van der Waals surface area contributed by atoms with Crippen LogP contribution in [0.1, 0.15) is 25.8 Å². The lowest BCUT2D eigenvalue weighted by Crippen LogP contribution is -2.60. The SMILES string of the molecule is CC(C)[C@H]1C(=O)N2C(C(=O)OCc3ccccc3)=CC[C@@H]12. The van der Waals surface area contributed by atoms with E-state index in [4.69, 9.17) is 4.74 Å².